The molecule has 1 aromatic heterocycles. The Hall–Kier alpha value is -2.80. The van der Waals surface area contributed by atoms with Crippen LogP contribution in [0, 0.1) is 0 Å². The molecule has 2 heterocycles. The monoisotopic (exact) mass is 385 g/mol. The predicted octanol–water partition coefficient (Wildman–Crippen LogP) is 3.13. The van der Waals surface area contributed by atoms with Crippen molar-refractivity contribution in [1.82, 2.24) is 4.90 Å². The molecule has 0 spiro atoms. The van der Waals surface area contributed by atoms with E-state index in [4.69, 9.17) is 9.15 Å². The average molecular weight is 385 g/mol. The number of amides is 2. The van der Waals surface area contributed by atoms with E-state index in [1.54, 1.807) is 24.0 Å². The van der Waals surface area contributed by atoms with Gasteiger partial charge >= 0.3 is 0 Å². The normalized spacial score (nSPS) is 16.0. The predicted molar refractivity (Wildman–Crippen MR) is 107 cm³/mol. The van der Waals surface area contributed by atoms with Gasteiger partial charge in [-0.25, -0.2) is 0 Å². The lowest BCUT2D eigenvalue weighted by Gasteiger charge is -2.27. The zero-order valence-corrected chi connectivity index (χ0v) is 16.6. The van der Waals surface area contributed by atoms with Crippen molar-refractivity contribution < 1.29 is 18.7 Å². The Bertz CT molecular complexity index is 811. The van der Waals surface area contributed by atoms with Gasteiger partial charge in [-0.2, -0.15) is 0 Å². The summed E-state index contributed by atoms with van der Waals surface area (Å²) in [5.74, 6) is -0.0523. The van der Waals surface area contributed by atoms with Crippen molar-refractivity contribution in [3.05, 3.63) is 47.9 Å². The number of hydrogen-bond acceptors (Lipinski definition) is 5. The molecule has 1 saturated heterocycles. The van der Waals surface area contributed by atoms with Crippen molar-refractivity contribution in [3.8, 4) is 0 Å². The summed E-state index contributed by atoms with van der Waals surface area (Å²) in [6.07, 6.45) is 3.57. The quantitative estimate of drug-likeness (QED) is 0.793. The van der Waals surface area contributed by atoms with Gasteiger partial charge in [0.1, 0.15) is 0 Å². The molecule has 0 saturated carbocycles. The Labute approximate surface area is 165 Å². The summed E-state index contributed by atoms with van der Waals surface area (Å²) >= 11 is 0. The second-order valence-corrected chi connectivity index (χ2v) is 7.20. The van der Waals surface area contributed by atoms with Crippen molar-refractivity contribution in [2.75, 3.05) is 37.5 Å². The van der Waals surface area contributed by atoms with Gasteiger partial charge in [0, 0.05) is 52.1 Å². The standard InChI is InChI=1S/C21H27N3O4/c1-15(25)24(14-18-6-4-10-27-18)13-16-12-17(8-9-19(16)23(2)3)22-21(26)20-7-5-11-28-20/h5,7-9,11-12,18H,4,6,10,13-14H2,1-3H3,(H,22,26). The molecular formula is C21H27N3O4. The number of nitrogens with one attached hydrogen (secondary N) is 1. The third-order valence-electron chi connectivity index (χ3n) is 4.82. The van der Waals surface area contributed by atoms with E-state index in [1.165, 1.54) is 6.26 Å². The molecular weight excluding hydrogens is 358 g/mol. The highest BCUT2D eigenvalue weighted by Crippen LogP contribution is 2.26. The van der Waals surface area contributed by atoms with Gasteiger partial charge in [0.15, 0.2) is 5.76 Å². The molecule has 1 aromatic carbocycles. The smallest absolute Gasteiger partial charge is 0.291 e. The van der Waals surface area contributed by atoms with E-state index in [-0.39, 0.29) is 23.7 Å². The number of nitrogens with zero attached hydrogens (tertiary/aromatic N) is 2. The topological polar surface area (TPSA) is 75.0 Å². The van der Waals surface area contributed by atoms with Crippen molar-refractivity contribution in [2.24, 2.45) is 0 Å². The lowest BCUT2D eigenvalue weighted by molar-refractivity contribution is -0.131. The molecule has 150 valence electrons. The molecule has 7 nitrogen and oxygen atoms in total. The van der Waals surface area contributed by atoms with Crippen LogP contribution in [0.15, 0.2) is 41.0 Å². The number of rotatable bonds is 7. The fraction of sp³-hybridized carbons (Fsp3) is 0.429. The van der Waals surface area contributed by atoms with Gasteiger partial charge in [0.05, 0.1) is 12.4 Å². The minimum absolute atomic E-state index is 0.00484. The molecule has 7 heteroatoms. The van der Waals surface area contributed by atoms with Crippen LogP contribution in [-0.4, -0.2) is 50.1 Å². The summed E-state index contributed by atoms with van der Waals surface area (Å²) in [7, 11) is 3.91. The lowest BCUT2D eigenvalue weighted by atomic mass is 10.1. The van der Waals surface area contributed by atoms with Crippen molar-refractivity contribution in [3.63, 3.8) is 0 Å². The Morgan fingerprint density at radius 1 is 1.25 bits per heavy atom. The summed E-state index contributed by atoms with van der Waals surface area (Å²) in [5.41, 5.74) is 2.60. The SMILES string of the molecule is CC(=O)N(Cc1cc(NC(=O)c2ccco2)ccc1N(C)C)CC1CCCO1. The molecule has 2 aromatic rings. The highest BCUT2D eigenvalue weighted by Gasteiger charge is 2.22. The number of furan rings is 1. The van der Waals surface area contributed by atoms with E-state index in [2.05, 4.69) is 5.32 Å². The van der Waals surface area contributed by atoms with Crippen LogP contribution in [0.25, 0.3) is 0 Å². The molecule has 2 amide bonds. The van der Waals surface area contributed by atoms with Gasteiger partial charge in [0.2, 0.25) is 5.91 Å². The summed E-state index contributed by atoms with van der Waals surface area (Å²) in [4.78, 5) is 28.3. The van der Waals surface area contributed by atoms with E-state index >= 15 is 0 Å². The Morgan fingerprint density at radius 3 is 2.68 bits per heavy atom. The van der Waals surface area contributed by atoms with Crippen LogP contribution in [0.5, 0.6) is 0 Å². The molecule has 0 aliphatic carbocycles. The first-order chi connectivity index (χ1) is 13.4. The molecule has 28 heavy (non-hydrogen) atoms. The van der Waals surface area contributed by atoms with Crippen molar-refractivity contribution >= 4 is 23.2 Å². The van der Waals surface area contributed by atoms with E-state index in [1.807, 2.05) is 37.2 Å². The molecule has 1 N–H and O–H groups in total. The van der Waals surface area contributed by atoms with E-state index in [0.717, 1.165) is 30.7 Å². The van der Waals surface area contributed by atoms with E-state index < -0.39 is 0 Å². The van der Waals surface area contributed by atoms with Crippen LogP contribution in [0.3, 0.4) is 0 Å². The molecule has 0 radical (unpaired) electrons. The van der Waals surface area contributed by atoms with Crippen molar-refractivity contribution in [2.45, 2.75) is 32.4 Å². The van der Waals surface area contributed by atoms with Gasteiger partial charge in [-0.05, 0) is 48.7 Å². The highest BCUT2D eigenvalue weighted by atomic mass is 16.5. The molecule has 3 rings (SSSR count). The minimum atomic E-state index is -0.309. The molecule has 0 bridgehead atoms. The van der Waals surface area contributed by atoms with Crippen LogP contribution >= 0.6 is 0 Å². The van der Waals surface area contributed by atoms with Crippen LogP contribution < -0.4 is 10.2 Å². The van der Waals surface area contributed by atoms with Gasteiger partial charge < -0.3 is 24.3 Å². The third-order valence-corrected chi connectivity index (χ3v) is 4.82. The number of ether oxygens (including phenoxy) is 1. The van der Waals surface area contributed by atoms with Crippen LogP contribution in [0.1, 0.15) is 35.9 Å². The fourth-order valence-corrected chi connectivity index (χ4v) is 3.37. The zero-order chi connectivity index (χ0) is 20.1. The van der Waals surface area contributed by atoms with Gasteiger partial charge in [-0.1, -0.05) is 0 Å². The number of carbonyl (C=O) groups excluding carboxylic acids is 2. The lowest BCUT2D eigenvalue weighted by Crippen LogP contribution is -2.35. The van der Waals surface area contributed by atoms with Gasteiger partial charge in [-0.15, -0.1) is 0 Å². The Morgan fingerprint density at radius 2 is 2.07 bits per heavy atom. The minimum Gasteiger partial charge on any atom is -0.459 e. The Balaban J connectivity index is 1.79. The summed E-state index contributed by atoms with van der Waals surface area (Å²) in [6.45, 7) is 3.36. The van der Waals surface area contributed by atoms with Crippen LogP contribution in [0.4, 0.5) is 11.4 Å². The maximum Gasteiger partial charge on any atom is 0.291 e. The number of carbonyl (C=O) groups is 2. The molecule has 1 fully saturated rings. The summed E-state index contributed by atoms with van der Waals surface area (Å²) in [6, 6.07) is 8.98. The average Bonchev–Trinajstić information content (AvgIpc) is 3.35. The molecule has 1 unspecified atom stereocenters. The van der Waals surface area contributed by atoms with E-state index in [0.29, 0.717) is 18.8 Å². The second kappa shape index (κ2) is 8.93. The highest BCUT2D eigenvalue weighted by molar-refractivity contribution is 6.02. The summed E-state index contributed by atoms with van der Waals surface area (Å²) < 4.78 is 10.8. The maximum atomic E-state index is 12.3. The number of hydrogen-bond donors (Lipinski definition) is 1. The van der Waals surface area contributed by atoms with Gasteiger partial charge in [-0.3, -0.25) is 9.59 Å². The first-order valence-corrected chi connectivity index (χ1v) is 9.46. The van der Waals surface area contributed by atoms with Crippen LogP contribution in [-0.2, 0) is 16.1 Å². The number of benzene rings is 1. The first kappa shape index (κ1) is 19.9. The molecule has 1 aliphatic heterocycles. The maximum absolute atomic E-state index is 12.3. The first-order valence-electron chi connectivity index (χ1n) is 9.46. The van der Waals surface area contributed by atoms with E-state index in [9.17, 15) is 9.59 Å². The number of anilines is 2. The summed E-state index contributed by atoms with van der Waals surface area (Å²) in [5, 5.41) is 2.85. The Kier molecular flexibility index (Phi) is 6.36. The largest absolute Gasteiger partial charge is 0.459 e. The molecule has 1 aliphatic rings. The third kappa shape index (κ3) is 4.92. The van der Waals surface area contributed by atoms with Gasteiger partial charge in [0.25, 0.3) is 5.91 Å². The van der Waals surface area contributed by atoms with Crippen LogP contribution in [0.2, 0.25) is 0 Å². The zero-order valence-electron chi connectivity index (χ0n) is 16.6. The second-order valence-electron chi connectivity index (χ2n) is 7.20. The van der Waals surface area contributed by atoms with Crippen molar-refractivity contribution in [1.29, 1.82) is 0 Å². The molecule has 1 atom stereocenters. The fourth-order valence-electron chi connectivity index (χ4n) is 3.37.